The highest BCUT2D eigenvalue weighted by atomic mass is 19.1. The summed E-state index contributed by atoms with van der Waals surface area (Å²) in [6.45, 7) is 1.43. The van der Waals surface area contributed by atoms with Crippen molar-refractivity contribution >= 4 is 17.7 Å². The maximum absolute atomic E-state index is 13.6. The van der Waals surface area contributed by atoms with Gasteiger partial charge in [0.25, 0.3) is 0 Å². The molecule has 3 rings (SSSR count). The number of hydrogen-bond donors (Lipinski definition) is 1. The molecule has 1 fully saturated rings. The number of nitrogens with zero attached hydrogens (tertiary/aromatic N) is 2. The Morgan fingerprint density at radius 2 is 1.75 bits per heavy atom. The van der Waals surface area contributed by atoms with Crippen LogP contribution in [0, 0.1) is 11.6 Å². The monoisotopic (exact) mass is 443 g/mol. The molecule has 3 atom stereocenters. The van der Waals surface area contributed by atoms with E-state index < -0.39 is 42.0 Å². The van der Waals surface area contributed by atoms with Crippen molar-refractivity contribution in [3.63, 3.8) is 0 Å². The average molecular weight is 443 g/mol. The van der Waals surface area contributed by atoms with E-state index in [4.69, 9.17) is 5.73 Å². The van der Waals surface area contributed by atoms with Gasteiger partial charge in [0.05, 0.1) is 18.5 Å². The number of carbonyl (C=O) groups excluding carboxylic acids is 3. The molecule has 0 aromatic heterocycles. The lowest BCUT2D eigenvalue weighted by atomic mass is 10.0. The summed E-state index contributed by atoms with van der Waals surface area (Å²) in [5.41, 5.74) is 6.82. The quantitative estimate of drug-likeness (QED) is 0.770. The number of amides is 3. The SMILES string of the molecule is C[C@H](N)C(=O)N(C(=O)Cc1cc(F)cc(F)c1)[C@H]1CCC[C@@H](c2ccccc2)N(C)C1=O. The lowest BCUT2D eigenvalue weighted by Gasteiger charge is -2.33. The maximum Gasteiger partial charge on any atom is 0.246 e. The number of carbonyl (C=O) groups is 3. The van der Waals surface area contributed by atoms with E-state index in [1.807, 2.05) is 30.3 Å². The van der Waals surface area contributed by atoms with E-state index in [9.17, 15) is 23.2 Å². The summed E-state index contributed by atoms with van der Waals surface area (Å²) >= 11 is 0. The zero-order chi connectivity index (χ0) is 23.4. The minimum Gasteiger partial charge on any atom is -0.337 e. The maximum atomic E-state index is 13.6. The van der Waals surface area contributed by atoms with E-state index in [0.717, 1.165) is 22.6 Å². The van der Waals surface area contributed by atoms with E-state index in [0.29, 0.717) is 18.9 Å². The van der Waals surface area contributed by atoms with Gasteiger partial charge in [-0.25, -0.2) is 8.78 Å². The van der Waals surface area contributed by atoms with Crippen LogP contribution in [-0.2, 0) is 20.8 Å². The highest BCUT2D eigenvalue weighted by Gasteiger charge is 2.40. The van der Waals surface area contributed by atoms with E-state index in [1.54, 1.807) is 11.9 Å². The molecule has 1 aliphatic rings. The van der Waals surface area contributed by atoms with Gasteiger partial charge in [-0.15, -0.1) is 0 Å². The molecule has 2 aromatic carbocycles. The zero-order valence-electron chi connectivity index (χ0n) is 18.1. The van der Waals surface area contributed by atoms with E-state index in [1.165, 1.54) is 6.92 Å². The molecule has 0 unspecified atom stereocenters. The molecule has 170 valence electrons. The molecule has 1 heterocycles. The second kappa shape index (κ2) is 9.99. The van der Waals surface area contributed by atoms with Crippen LogP contribution >= 0.6 is 0 Å². The summed E-state index contributed by atoms with van der Waals surface area (Å²) in [7, 11) is 1.65. The molecule has 2 N–H and O–H groups in total. The number of likely N-dealkylation sites (tertiary alicyclic amines) is 1. The number of imide groups is 1. The lowest BCUT2D eigenvalue weighted by Crippen LogP contribution is -2.56. The molecule has 2 aromatic rings. The van der Waals surface area contributed by atoms with Crippen LogP contribution in [0.1, 0.15) is 43.4 Å². The molecule has 1 saturated heterocycles. The number of hydrogen-bond acceptors (Lipinski definition) is 4. The molecule has 0 radical (unpaired) electrons. The Morgan fingerprint density at radius 3 is 2.34 bits per heavy atom. The molecule has 6 nitrogen and oxygen atoms in total. The Labute approximate surface area is 186 Å². The van der Waals surface area contributed by atoms with Crippen LogP contribution in [0.2, 0.25) is 0 Å². The first-order valence-electron chi connectivity index (χ1n) is 10.6. The number of halogens is 2. The Hall–Kier alpha value is -3.13. The van der Waals surface area contributed by atoms with E-state index in [-0.39, 0.29) is 23.9 Å². The number of benzene rings is 2. The second-order valence-electron chi connectivity index (χ2n) is 8.17. The van der Waals surface area contributed by atoms with Gasteiger partial charge in [0.2, 0.25) is 17.7 Å². The fourth-order valence-electron chi connectivity index (χ4n) is 4.16. The fraction of sp³-hybridized carbons (Fsp3) is 0.375. The highest BCUT2D eigenvalue weighted by Crippen LogP contribution is 2.31. The minimum absolute atomic E-state index is 0.0755. The average Bonchev–Trinajstić information content (AvgIpc) is 2.87. The van der Waals surface area contributed by atoms with Crippen LogP contribution in [0.4, 0.5) is 8.78 Å². The summed E-state index contributed by atoms with van der Waals surface area (Å²) in [6.07, 6.45) is 1.13. The van der Waals surface area contributed by atoms with Crippen LogP contribution in [-0.4, -0.2) is 46.7 Å². The minimum atomic E-state index is -1.03. The third-order valence-electron chi connectivity index (χ3n) is 5.72. The summed E-state index contributed by atoms with van der Waals surface area (Å²) < 4.78 is 27.2. The van der Waals surface area contributed by atoms with Crippen molar-refractivity contribution < 1.29 is 23.2 Å². The summed E-state index contributed by atoms with van der Waals surface area (Å²) in [5.74, 6) is -3.44. The van der Waals surface area contributed by atoms with Gasteiger partial charge in [-0.2, -0.15) is 0 Å². The molecule has 8 heteroatoms. The molecule has 32 heavy (non-hydrogen) atoms. The molecule has 0 aliphatic carbocycles. The molecule has 1 aliphatic heterocycles. The number of likely N-dealkylation sites (N-methyl/N-ethyl adjacent to an activating group) is 1. The van der Waals surface area contributed by atoms with Crippen LogP contribution in [0.25, 0.3) is 0 Å². The van der Waals surface area contributed by atoms with E-state index in [2.05, 4.69) is 0 Å². The zero-order valence-corrected chi connectivity index (χ0v) is 18.1. The van der Waals surface area contributed by atoms with Gasteiger partial charge in [-0.05, 0) is 49.4 Å². The summed E-state index contributed by atoms with van der Waals surface area (Å²) in [5, 5.41) is 0. The third-order valence-corrected chi connectivity index (χ3v) is 5.72. The first-order chi connectivity index (χ1) is 15.2. The number of rotatable bonds is 5. The smallest absolute Gasteiger partial charge is 0.246 e. The van der Waals surface area contributed by atoms with Crippen molar-refractivity contribution in [2.75, 3.05) is 7.05 Å². The molecule has 0 saturated carbocycles. The van der Waals surface area contributed by atoms with Gasteiger partial charge in [-0.3, -0.25) is 19.3 Å². The first kappa shape index (κ1) is 23.5. The van der Waals surface area contributed by atoms with Crippen LogP contribution in [0.3, 0.4) is 0 Å². The van der Waals surface area contributed by atoms with Crippen molar-refractivity contribution in [1.82, 2.24) is 9.80 Å². The number of nitrogens with two attached hydrogens (primary N) is 1. The van der Waals surface area contributed by atoms with Gasteiger partial charge in [0, 0.05) is 13.1 Å². The lowest BCUT2D eigenvalue weighted by molar-refractivity contribution is -0.155. The van der Waals surface area contributed by atoms with Gasteiger partial charge >= 0.3 is 0 Å². The second-order valence-corrected chi connectivity index (χ2v) is 8.17. The van der Waals surface area contributed by atoms with E-state index >= 15 is 0 Å². The predicted molar refractivity (Wildman–Crippen MR) is 115 cm³/mol. The topological polar surface area (TPSA) is 83.7 Å². The van der Waals surface area contributed by atoms with Crippen molar-refractivity contribution in [3.05, 3.63) is 71.3 Å². The van der Waals surface area contributed by atoms with Crippen molar-refractivity contribution in [3.8, 4) is 0 Å². The van der Waals surface area contributed by atoms with Gasteiger partial charge in [0.15, 0.2) is 0 Å². The standard InChI is InChI=1S/C24H27F2N3O3/c1-15(27)23(31)29(22(30)13-16-11-18(25)14-19(26)12-16)21-10-6-9-20(28(2)24(21)32)17-7-4-3-5-8-17/h3-5,7-8,11-12,14-15,20-21H,6,9-10,13,27H2,1-2H3/t15-,20-,21-/m0/s1. The Balaban J connectivity index is 1.90. The van der Waals surface area contributed by atoms with Crippen LogP contribution < -0.4 is 5.73 Å². The normalized spacial score (nSPS) is 19.9. The predicted octanol–water partition coefficient (Wildman–Crippen LogP) is 2.96. The van der Waals surface area contributed by atoms with Crippen molar-refractivity contribution in [2.24, 2.45) is 5.73 Å². The Bertz CT molecular complexity index is 977. The van der Waals surface area contributed by atoms with Crippen molar-refractivity contribution in [2.45, 2.75) is 50.7 Å². The largest absolute Gasteiger partial charge is 0.337 e. The van der Waals surface area contributed by atoms with Gasteiger partial charge in [-0.1, -0.05) is 30.3 Å². The van der Waals surface area contributed by atoms with Crippen molar-refractivity contribution in [1.29, 1.82) is 0 Å². The molecular weight excluding hydrogens is 416 g/mol. The highest BCUT2D eigenvalue weighted by molar-refractivity contribution is 6.02. The summed E-state index contributed by atoms with van der Waals surface area (Å²) in [4.78, 5) is 41.8. The van der Waals surface area contributed by atoms with Gasteiger partial charge < -0.3 is 10.6 Å². The molecular formula is C24H27F2N3O3. The molecule has 0 bridgehead atoms. The molecule has 0 spiro atoms. The summed E-state index contributed by atoms with van der Waals surface area (Å²) in [6, 6.07) is 10.1. The third kappa shape index (κ3) is 5.19. The first-order valence-corrected chi connectivity index (χ1v) is 10.6. The Morgan fingerprint density at radius 1 is 1.12 bits per heavy atom. The Kier molecular flexibility index (Phi) is 7.35. The fourth-order valence-corrected chi connectivity index (χ4v) is 4.16. The van der Waals surface area contributed by atoms with Crippen LogP contribution in [0.15, 0.2) is 48.5 Å². The van der Waals surface area contributed by atoms with Crippen LogP contribution in [0.5, 0.6) is 0 Å². The van der Waals surface area contributed by atoms with Gasteiger partial charge in [0.1, 0.15) is 17.7 Å². The molecule has 3 amide bonds.